The summed E-state index contributed by atoms with van der Waals surface area (Å²) in [5.74, 6) is 0. The molecule has 0 aliphatic carbocycles. The van der Waals surface area contributed by atoms with E-state index in [-0.39, 0.29) is 55.7 Å². The van der Waals surface area contributed by atoms with E-state index < -0.39 is 0 Å². The molecule has 0 aliphatic heterocycles. The van der Waals surface area contributed by atoms with Gasteiger partial charge in [0.25, 0.3) is 5.56 Å². The number of hydrogen-bond acceptors (Lipinski definition) is 2. The fourth-order valence-electron chi connectivity index (χ4n) is 1.50. The summed E-state index contributed by atoms with van der Waals surface area (Å²) in [6, 6.07) is 1.64. The van der Waals surface area contributed by atoms with Crippen molar-refractivity contribution in [1.82, 2.24) is 3.96 Å². The number of nitrogens with zero attached hydrogens (tertiary/aromatic N) is 1. The van der Waals surface area contributed by atoms with Crippen LogP contribution in [0.5, 0.6) is 0 Å². The molecule has 1 rings (SSSR count). The van der Waals surface area contributed by atoms with E-state index in [1.807, 2.05) is 9.34 Å². The SMILES string of the molecule is CCCCCCCCn1sccc1=O.Cl.[CaH2]. The average Bonchev–Trinajstić information content (AvgIpc) is 2.58. The summed E-state index contributed by atoms with van der Waals surface area (Å²) in [5, 5.41) is 1.86. The fraction of sp³-hybridized carbons (Fsp3) is 0.727. The molecule has 2 nitrogen and oxygen atoms in total. The van der Waals surface area contributed by atoms with E-state index in [9.17, 15) is 4.79 Å². The van der Waals surface area contributed by atoms with Crippen molar-refractivity contribution in [3.8, 4) is 0 Å². The van der Waals surface area contributed by atoms with Crippen LogP contribution in [0.2, 0.25) is 0 Å². The molecular weight excluding hydrogens is 270 g/mol. The summed E-state index contributed by atoms with van der Waals surface area (Å²) in [4.78, 5) is 11.2. The van der Waals surface area contributed by atoms with Crippen molar-refractivity contribution in [1.29, 1.82) is 0 Å². The Bertz CT molecular complexity index is 300. The van der Waals surface area contributed by atoms with E-state index in [1.54, 1.807) is 6.07 Å². The topological polar surface area (TPSA) is 22.0 Å². The Morgan fingerprint density at radius 3 is 2.38 bits per heavy atom. The van der Waals surface area contributed by atoms with Gasteiger partial charge in [0.1, 0.15) is 0 Å². The molecule has 0 unspecified atom stereocenters. The van der Waals surface area contributed by atoms with E-state index in [0.717, 1.165) is 13.0 Å². The molecule has 0 fully saturated rings. The maximum absolute atomic E-state index is 11.2. The van der Waals surface area contributed by atoms with Crippen molar-refractivity contribution in [2.24, 2.45) is 0 Å². The number of rotatable bonds is 7. The number of aromatic nitrogens is 1. The first kappa shape index (κ1) is 19.3. The van der Waals surface area contributed by atoms with Gasteiger partial charge < -0.3 is 0 Å². The predicted octanol–water partition coefficient (Wildman–Crippen LogP) is 2.78. The Morgan fingerprint density at radius 2 is 1.81 bits per heavy atom. The first-order valence-electron chi connectivity index (χ1n) is 5.49. The zero-order chi connectivity index (χ0) is 10.2. The minimum absolute atomic E-state index is 0. The Hall–Kier alpha value is 0.980. The zero-order valence-electron chi connectivity index (χ0n) is 9.28. The molecule has 1 heterocycles. The van der Waals surface area contributed by atoms with E-state index in [0.29, 0.717) is 0 Å². The van der Waals surface area contributed by atoms with Gasteiger partial charge in [-0.2, -0.15) is 0 Å². The third-order valence-corrected chi connectivity index (χ3v) is 3.23. The van der Waals surface area contributed by atoms with Gasteiger partial charge in [0.15, 0.2) is 0 Å². The van der Waals surface area contributed by atoms with E-state index in [2.05, 4.69) is 6.92 Å². The van der Waals surface area contributed by atoms with Crippen LogP contribution in [0.15, 0.2) is 16.2 Å². The van der Waals surface area contributed by atoms with Crippen molar-refractivity contribution in [3.05, 3.63) is 21.8 Å². The normalized spacial score (nSPS) is 9.31. The third kappa shape index (κ3) is 8.13. The Morgan fingerprint density at radius 1 is 1.19 bits per heavy atom. The summed E-state index contributed by atoms with van der Waals surface area (Å²) in [6.07, 6.45) is 7.70. The Kier molecular flexibility index (Phi) is 15.0. The first-order chi connectivity index (χ1) is 6.84. The second-order valence-corrected chi connectivity index (χ2v) is 4.54. The minimum atomic E-state index is 0. The van der Waals surface area contributed by atoms with Gasteiger partial charge in [-0.15, -0.1) is 12.4 Å². The molecule has 0 amide bonds. The number of aryl methyl sites for hydroxylation is 1. The van der Waals surface area contributed by atoms with Crippen LogP contribution in [0.25, 0.3) is 0 Å². The summed E-state index contributed by atoms with van der Waals surface area (Å²) >= 11 is 1.52. The molecule has 0 aliphatic rings. The summed E-state index contributed by atoms with van der Waals surface area (Å²) in [6.45, 7) is 3.13. The van der Waals surface area contributed by atoms with Gasteiger partial charge in [-0.25, -0.2) is 0 Å². The van der Waals surface area contributed by atoms with Gasteiger partial charge in [-0.1, -0.05) is 50.6 Å². The van der Waals surface area contributed by atoms with Crippen molar-refractivity contribution < 1.29 is 0 Å². The molecule has 0 saturated carbocycles. The molecule has 0 bridgehead atoms. The quantitative estimate of drug-likeness (QED) is 0.559. The second kappa shape index (κ2) is 12.4. The molecule has 0 atom stereocenters. The van der Waals surface area contributed by atoms with E-state index >= 15 is 0 Å². The van der Waals surface area contributed by atoms with Crippen LogP contribution in [-0.4, -0.2) is 41.7 Å². The predicted molar refractivity (Wildman–Crippen MR) is 77.7 cm³/mol. The molecule has 0 spiro atoms. The van der Waals surface area contributed by atoms with Gasteiger partial charge in [0.2, 0.25) is 0 Å². The second-order valence-electron chi connectivity index (χ2n) is 3.62. The van der Waals surface area contributed by atoms with Crippen LogP contribution < -0.4 is 5.56 Å². The van der Waals surface area contributed by atoms with Gasteiger partial charge in [0.05, 0.1) is 0 Å². The van der Waals surface area contributed by atoms with Gasteiger partial charge in [0, 0.05) is 18.0 Å². The van der Waals surface area contributed by atoms with Crippen molar-refractivity contribution >= 4 is 61.7 Å². The van der Waals surface area contributed by atoms with Gasteiger partial charge >= 0.3 is 37.7 Å². The molecular formula is C11H22CaClNOS. The van der Waals surface area contributed by atoms with E-state index in [1.165, 1.54) is 43.6 Å². The number of halogens is 1. The molecule has 5 heteroatoms. The van der Waals surface area contributed by atoms with Crippen molar-refractivity contribution in [2.75, 3.05) is 0 Å². The Labute approximate surface area is 138 Å². The molecule has 0 aromatic carbocycles. The molecule has 1 aromatic heterocycles. The monoisotopic (exact) mass is 291 g/mol. The summed E-state index contributed by atoms with van der Waals surface area (Å²) in [5.41, 5.74) is 0.156. The molecule has 92 valence electrons. The molecule has 0 saturated heterocycles. The molecule has 1 aromatic rings. The van der Waals surface area contributed by atoms with Crippen LogP contribution in [0, 0.1) is 0 Å². The van der Waals surface area contributed by atoms with Crippen LogP contribution in [0.4, 0.5) is 0 Å². The maximum atomic E-state index is 11.2. The summed E-state index contributed by atoms with van der Waals surface area (Å²) < 4.78 is 1.83. The first-order valence-corrected chi connectivity index (χ1v) is 6.33. The zero-order valence-corrected chi connectivity index (χ0v) is 10.9. The van der Waals surface area contributed by atoms with Crippen LogP contribution in [0.3, 0.4) is 0 Å². The third-order valence-electron chi connectivity index (χ3n) is 2.36. The fourth-order valence-corrected chi connectivity index (χ4v) is 2.22. The van der Waals surface area contributed by atoms with Gasteiger partial charge in [-0.05, 0) is 6.42 Å². The molecule has 16 heavy (non-hydrogen) atoms. The number of hydrogen-bond donors (Lipinski definition) is 0. The molecule has 0 radical (unpaired) electrons. The number of unbranched alkanes of at least 4 members (excludes halogenated alkanes) is 5. The van der Waals surface area contributed by atoms with Gasteiger partial charge in [-0.3, -0.25) is 8.75 Å². The van der Waals surface area contributed by atoms with Crippen LogP contribution in [0.1, 0.15) is 45.4 Å². The average molecular weight is 292 g/mol. The van der Waals surface area contributed by atoms with E-state index in [4.69, 9.17) is 0 Å². The van der Waals surface area contributed by atoms with Crippen molar-refractivity contribution in [2.45, 2.75) is 52.0 Å². The van der Waals surface area contributed by atoms with Crippen LogP contribution >= 0.6 is 23.9 Å². The van der Waals surface area contributed by atoms with Crippen molar-refractivity contribution in [3.63, 3.8) is 0 Å². The molecule has 0 N–H and O–H groups in total. The Balaban J connectivity index is 0. The standard InChI is InChI=1S/C11H19NOS.Ca.ClH.2H/c1-2-3-4-5-6-7-9-12-11(13)8-10-14-12;;;;/h8,10H,2-7,9H2,1H3;;1H;;. The summed E-state index contributed by atoms with van der Waals surface area (Å²) in [7, 11) is 0. The van der Waals surface area contributed by atoms with Crippen LogP contribution in [-0.2, 0) is 6.54 Å².